The highest BCUT2D eigenvalue weighted by Crippen LogP contribution is 2.25. The summed E-state index contributed by atoms with van der Waals surface area (Å²) in [5, 5.41) is 3.13. The van der Waals surface area contributed by atoms with Gasteiger partial charge in [0.25, 0.3) is 0 Å². The summed E-state index contributed by atoms with van der Waals surface area (Å²) >= 11 is 9.28. The first kappa shape index (κ1) is 14.8. The summed E-state index contributed by atoms with van der Waals surface area (Å²) < 4.78 is 13.6. The summed E-state index contributed by atoms with van der Waals surface area (Å²) in [6, 6.07) is 11.0. The van der Waals surface area contributed by atoms with Crippen LogP contribution in [-0.4, -0.2) is 5.91 Å². The van der Waals surface area contributed by atoms with Crippen LogP contribution in [0.4, 0.5) is 10.1 Å². The number of benzene rings is 2. The summed E-state index contributed by atoms with van der Waals surface area (Å²) in [6.45, 7) is 0. The van der Waals surface area contributed by atoms with Crippen molar-refractivity contribution in [2.24, 2.45) is 0 Å². The minimum absolute atomic E-state index is 0.311. The molecule has 1 N–H and O–H groups in total. The molecule has 2 aromatic rings. The molecule has 1 amide bonds. The summed E-state index contributed by atoms with van der Waals surface area (Å²) in [5.74, 6) is -0.623. The molecule has 2 nitrogen and oxygen atoms in total. The van der Waals surface area contributed by atoms with Gasteiger partial charge in [0, 0.05) is 10.5 Å². The fraction of sp³-hybridized carbons (Fsp3) is 0. The zero-order valence-electron chi connectivity index (χ0n) is 10.2. The molecule has 0 saturated heterocycles. The van der Waals surface area contributed by atoms with Gasteiger partial charge in [0.15, 0.2) is 0 Å². The molecule has 0 heterocycles. The number of hydrogen-bond acceptors (Lipinski definition) is 1. The van der Waals surface area contributed by atoms with Gasteiger partial charge < -0.3 is 5.32 Å². The van der Waals surface area contributed by atoms with Crippen LogP contribution in [0, 0.1) is 5.82 Å². The lowest BCUT2D eigenvalue weighted by molar-refractivity contribution is -0.111. The molecule has 0 fully saturated rings. The van der Waals surface area contributed by atoms with E-state index in [4.69, 9.17) is 11.6 Å². The molecule has 20 heavy (non-hydrogen) atoms. The monoisotopic (exact) mass is 353 g/mol. The number of hydrogen-bond donors (Lipinski definition) is 1. The number of carbonyl (C=O) groups excluding carboxylic acids is 1. The first-order valence-electron chi connectivity index (χ1n) is 5.74. The van der Waals surface area contributed by atoms with Gasteiger partial charge >= 0.3 is 0 Å². The van der Waals surface area contributed by atoms with Gasteiger partial charge in [0.1, 0.15) is 5.82 Å². The van der Waals surface area contributed by atoms with Crippen molar-refractivity contribution in [2.45, 2.75) is 0 Å². The second-order valence-electron chi connectivity index (χ2n) is 4.00. The van der Waals surface area contributed by atoms with Gasteiger partial charge in [-0.3, -0.25) is 4.79 Å². The molecule has 2 aromatic carbocycles. The summed E-state index contributed by atoms with van der Waals surface area (Å²) in [5.41, 5.74) is 1.26. The molecule has 0 radical (unpaired) electrons. The molecule has 0 aliphatic carbocycles. The van der Waals surface area contributed by atoms with E-state index in [0.717, 1.165) is 10.0 Å². The molecular weight excluding hydrogens is 345 g/mol. The lowest BCUT2D eigenvalue weighted by Crippen LogP contribution is -2.08. The van der Waals surface area contributed by atoms with E-state index in [-0.39, 0.29) is 11.7 Å². The van der Waals surface area contributed by atoms with Crippen molar-refractivity contribution < 1.29 is 9.18 Å². The average Bonchev–Trinajstić information content (AvgIpc) is 2.42. The van der Waals surface area contributed by atoms with Crippen LogP contribution in [0.25, 0.3) is 6.08 Å². The number of halogens is 3. The van der Waals surface area contributed by atoms with Gasteiger partial charge in [0.05, 0.1) is 10.7 Å². The Balaban J connectivity index is 2.05. The van der Waals surface area contributed by atoms with Crippen LogP contribution in [0.15, 0.2) is 53.0 Å². The van der Waals surface area contributed by atoms with Crippen molar-refractivity contribution in [2.75, 3.05) is 5.32 Å². The van der Waals surface area contributed by atoms with Gasteiger partial charge in [-0.2, -0.15) is 0 Å². The zero-order chi connectivity index (χ0) is 14.5. The molecule has 102 valence electrons. The zero-order valence-corrected chi connectivity index (χ0v) is 12.6. The van der Waals surface area contributed by atoms with E-state index in [1.54, 1.807) is 36.4 Å². The van der Waals surface area contributed by atoms with E-state index in [1.807, 2.05) is 0 Å². The summed E-state index contributed by atoms with van der Waals surface area (Å²) in [7, 11) is 0. The lowest BCUT2D eigenvalue weighted by atomic mass is 10.2. The van der Waals surface area contributed by atoms with E-state index in [1.165, 1.54) is 18.2 Å². The second-order valence-corrected chi connectivity index (χ2v) is 5.32. The maximum absolute atomic E-state index is 12.7. The fourth-order valence-corrected chi connectivity index (χ4v) is 2.04. The van der Waals surface area contributed by atoms with Crippen LogP contribution >= 0.6 is 27.5 Å². The molecular formula is C15H10BrClFNO. The number of nitrogens with one attached hydrogen (secondary N) is 1. The Hall–Kier alpha value is -1.65. The van der Waals surface area contributed by atoms with Crippen LogP contribution in [0.1, 0.15) is 5.56 Å². The predicted molar refractivity (Wildman–Crippen MR) is 83.2 cm³/mol. The highest BCUT2D eigenvalue weighted by Gasteiger charge is 2.03. The topological polar surface area (TPSA) is 29.1 Å². The van der Waals surface area contributed by atoms with Crippen LogP contribution in [0.5, 0.6) is 0 Å². The van der Waals surface area contributed by atoms with Crippen LogP contribution in [-0.2, 0) is 4.79 Å². The minimum atomic E-state index is -0.312. The van der Waals surface area contributed by atoms with Gasteiger partial charge in [-0.1, -0.05) is 39.7 Å². The third-order valence-corrected chi connectivity index (χ3v) is 3.31. The Morgan fingerprint density at radius 1 is 1.20 bits per heavy atom. The molecule has 0 aliphatic heterocycles. The smallest absolute Gasteiger partial charge is 0.248 e. The standard InChI is InChI=1S/C15H10BrClFNO/c16-11-4-7-13(17)14(9-11)19-15(20)8-3-10-1-5-12(18)6-2-10/h1-9H,(H,19,20). The Kier molecular flexibility index (Phi) is 4.93. The highest BCUT2D eigenvalue weighted by molar-refractivity contribution is 9.10. The molecule has 0 aromatic heterocycles. The molecule has 0 spiro atoms. The normalized spacial score (nSPS) is 10.8. The van der Waals surface area contributed by atoms with Crippen molar-refractivity contribution in [3.63, 3.8) is 0 Å². The van der Waals surface area contributed by atoms with Gasteiger partial charge in [-0.25, -0.2) is 4.39 Å². The Labute approximate surface area is 129 Å². The Morgan fingerprint density at radius 2 is 1.90 bits per heavy atom. The van der Waals surface area contributed by atoms with Crippen LogP contribution in [0.2, 0.25) is 5.02 Å². The van der Waals surface area contributed by atoms with E-state index in [9.17, 15) is 9.18 Å². The Bertz CT molecular complexity index is 655. The minimum Gasteiger partial charge on any atom is -0.321 e. The van der Waals surface area contributed by atoms with E-state index in [0.29, 0.717) is 10.7 Å². The highest BCUT2D eigenvalue weighted by atomic mass is 79.9. The molecule has 0 aliphatic rings. The van der Waals surface area contributed by atoms with Crippen molar-refractivity contribution >= 4 is 45.2 Å². The second kappa shape index (κ2) is 6.68. The van der Waals surface area contributed by atoms with Crippen LogP contribution in [0.3, 0.4) is 0 Å². The molecule has 0 unspecified atom stereocenters. The van der Waals surface area contributed by atoms with Gasteiger partial charge in [-0.05, 0) is 42.0 Å². The first-order valence-corrected chi connectivity index (χ1v) is 6.91. The number of carbonyl (C=O) groups is 1. The molecule has 0 saturated carbocycles. The summed E-state index contributed by atoms with van der Waals surface area (Å²) in [6.07, 6.45) is 2.96. The molecule has 0 atom stereocenters. The lowest BCUT2D eigenvalue weighted by Gasteiger charge is -2.05. The Morgan fingerprint density at radius 3 is 2.60 bits per heavy atom. The quantitative estimate of drug-likeness (QED) is 0.781. The molecule has 2 rings (SSSR count). The van der Waals surface area contributed by atoms with Gasteiger partial charge in [0.2, 0.25) is 5.91 Å². The number of anilines is 1. The van der Waals surface area contributed by atoms with E-state index < -0.39 is 0 Å². The maximum atomic E-state index is 12.7. The van der Waals surface area contributed by atoms with E-state index in [2.05, 4.69) is 21.2 Å². The van der Waals surface area contributed by atoms with Crippen LogP contribution < -0.4 is 5.32 Å². The predicted octanol–water partition coefficient (Wildman–Crippen LogP) is 4.89. The van der Waals surface area contributed by atoms with Crippen molar-refractivity contribution in [1.29, 1.82) is 0 Å². The third-order valence-electron chi connectivity index (χ3n) is 2.48. The summed E-state index contributed by atoms with van der Waals surface area (Å²) in [4.78, 5) is 11.8. The van der Waals surface area contributed by atoms with Crippen molar-refractivity contribution in [3.8, 4) is 0 Å². The average molecular weight is 355 g/mol. The fourth-order valence-electron chi connectivity index (χ4n) is 1.51. The number of rotatable bonds is 3. The maximum Gasteiger partial charge on any atom is 0.248 e. The first-order chi connectivity index (χ1) is 9.54. The SMILES string of the molecule is O=C(C=Cc1ccc(F)cc1)Nc1cc(Br)ccc1Cl. The largest absolute Gasteiger partial charge is 0.321 e. The third kappa shape index (κ3) is 4.18. The molecule has 5 heteroatoms. The van der Waals surface area contributed by atoms with Crippen molar-refractivity contribution in [3.05, 3.63) is 69.4 Å². The van der Waals surface area contributed by atoms with Gasteiger partial charge in [-0.15, -0.1) is 0 Å². The van der Waals surface area contributed by atoms with E-state index >= 15 is 0 Å². The van der Waals surface area contributed by atoms with Crippen molar-refractivity contribution in [1.82, 2.24) is 0 Å². The molecule has 0 bridgehead atoms. The number of amides is 1.